The van der Waals surface area contributed by atoms with Crippen molar-refractivity contribution < 1.29 is 0 Å². The summed E-state index contributed by atoms with van der Waals surface area (Å²) in [6, 6.07) is 1.93. The van der Waals surface area contributed by atoms with Crippen molar-refractivity contribution in [2.45, 2.75) is 25.7 Å². The largest absolute Gasteiger partial charge is 0.368 e. The predicted octanol–water partition coefficient (Wildman–Crippen LogP) is 1.44. The third-order valence-corrected chi connectivity index (χ3v) is 2.59. The number of nitrogens with zero attached hydrogens (tertiary/aromatic N) is 3. The first-order chi connectivity index (χ1) is 6.86. The van der Waals surface area contributed by atoms with Gasteiger partial charge in [0.05, 0.1) is 0 Å². The Morgan fingerprint density at radius 2 is 1.86 bits per heavy atom. The molecule has 2 rings (SSSR count). The van der Waals surface area contributed by atoms with Crippen LogP contribution in [0.1, 0.15) is 25.7 Å². The average molecular weight is 192 g/mol. The molecule has 0 bridgehead atoms. The van der Waals surface area contributed by atoms with Gasteiger partial charge < -0.3 is 10.6 Å². The van der Waals surface area contributed by atoms with Crippen molar-refractivity contribution in [3.63, 3.8) is 0 Å². The normalized spacial score (nSPS) is 17.9. The molecule has 2 N–H and O–H groups in total. The second kappa shape index (κ2) is 4.26. The predicted molar refractivity (Wildman–Crippen MR) is 57.1 cm³/mol. The van der Waals surface area contributed by atoms with E-state index >= 15 is 0 Å². The minimum Gasteiger partial charge on any atom is -0.368 e. The lowest BCUT2D eigenvalue weighted by atomic mass is 10.2. The van der Waals surface area contributed by atoms with Crippen LogP contribution in [0.4, 0.5) is 11.8 Å². The third kappa shape index (κ3) is 2.13. The Morgan fingerprint density at radius 1 is 1.14 bits per heavy atom. The van der Waals surface area contributed by atoms with E-state index in [1.165, 1.54) is 25.7 Å². The highest BCUT2D eigenvalue weighted by Crippen LogP contribution is 2.16. The van der Waals surface area contributed by atoms with Crippen molar-refractivity contribution in [3.8, 4) is 0 Å². The number of hydrogen-bond acceptors (Lipinski definition) is 4. The molecule has 0 unspecified atom stereocenters. The van der Waals surface area contributed by atoms with Gasteiger partial charge >= 0.3 is 0 Å². The van der Waals surface area contributed by atoms with E-state index in [4.69, 9.17) is 5.73 Å². The molecule has 1 aromatic heterocycles. The van der Waals surface area contributed by atoms with Gasteiger partial charge in [-0.05, 0) is 18.9 Å². The van der Waals surface area contributed by atoms with Crippen molar-refractivity contribution >= 4 is 11.8 Å². The molecule has 14 heavy (non-hydrogen) atoms. The zero-order valence-electron chi connectivity index (χ0n) is 8.32. The van der Waals surface area contributed by atoms with Crippen LogP contribution in [0.15, 0.2) is 12.3 Å². The summed E-state index contributed by atoms with van der Waals surface area (Å²) in [6.45, 7) is 2.19. The lowest BCUT2D eigenvalue weighted by Gasteiger charge is -2.20. The van der Waals surface area contributed by atoms with Gasteiger partial charge in [0.25, 0.3) is 0 Å². The summed E-state index contributed by atoms with van der Waals surface area (Å²) in [7, 11) is 0. The number of nitrogen functional groups attached to an aromatic ring is 1. The molecule has 0 spiro atoms. The Balaban J connectivity index is 2.12. The van der Waals surface area contributed by atoms with Gasteiger partial charge in [0, 0.05) is 19.3 Å². The van der Waals surface area contributed by atoms with Crippen LogP contribution in [-0.2, 0) is 0 Å². The molecule has 4 nitrogen and oxygen atoms in total. The lowest BCUT2D eigenvalue weighted by molar-refractivity contribution is 0.726. The number of aromatic nitrogens is 2. The minimum atomic E-state index is 0.367. The highest BCUT2D eigenvalue weighted by molar-refractivity contribution is 5.40. The smallest absolute Gasteiger partial charge is 0.221 e. The number of anilines is 2. The van der Waals surface area contributed by atoms with E-state index in [-0.39, 0.29) is 0 Å². The quantitative estimate of drug-likeness (QED) is 0.731. The highest BCUT2D eigenvalue weighted by Gasteiger charge is 2.10. The van der Waals surface area contributed by atoms with Gasteiger partial charge in [-0.15, -0.1) is 0 Å². The van der Waals surface area contributed by atoms with E-state index in [0.717, 1.165) is 18.9 Å². The first-order valence-electron chi connectivity index (χ1n) is 5.20. The maximum Gasteiger partial charge on any atom is 0.221 e. The molecule has 1 aliphatic heterocycles. The van der Waals surface area contributed by atoms with Gasteiger partial charge in [-0.2, -0.15) is 4.98 Å². The summed E-state index contributed by atoms with van der Waals surface area (Å²) < 4.78 is 0. The van der Waals surface area contributed by atoms with Crippen LogP contribution in [0.2, 0.25) is 0 Å². The van der Waals surface area contributed by atoms with Crippen molar-refractivity contribution in [1.29, 1.82) is 0 Å². The molecule has 4 heteroatoms. The van der Waals surface area contributed by atoms with E-state index < -0.39 is 0 Å². The summed E-state index contributed by atoms with van der Waals surface area (Å²) in [5.74, 6) is 1.34. The Morgan fingerprint density at radius 3 is 2.50 bits per heavy atom. The van der Waals surface area contributed by atoms with E-state index in [2.05, 4.69) is 14.9 Å². The SMILES string of the molecule is Nc1nccc(N2CCCCCC2)n1. The fourth-order valence-electron chi connectivity index (χ4n) is 1.84. The number of hydrogen-bond donors (Lipinski definition) is 1. The molecule has 0 radical (unpaired) electrons. The molecule has 1 aromatic rings. The second-order valence-electron chi connectivity index (χ2n) is 3.67. The Labute approximate surface area is 84.2 Å². The molecule has 0 saturated carbocycles. The summed E-state index contributed by atoms with van der Waals surface area (Å²) in [6.07, 6.45) is 6.89. The van der Waals surface area contributed by atoms with E-state index in [0.29, 0.717) is 5.95 Å². The molecule has 0 aliphatic carbocycles. The first-order valence-corrected chi connectivity index (χ1v) is 5.20. The summed E-state index contributed by atoms with van der Waals surface area (Å²) in [5.41, 5.74) is 5.56. The maximum atomic E-state index is 5.56. The van der Waals surface area contributed by atoms with Crippen LogP contribution in [0.3, 0.4) is 0 Å². The molecule has 2 heterocycles. The molecule has 1 aliphatic rings. The zero-order chi connectivity index (χ0) is 9.80. The molecule has 76 valence electrons. The van der Waals surface area contributed by atoms with Crippen molar-refractivity contribution in [2.75, 3.05) is 23.7 Å². The molecule has 0 atom stereocenters. The Kier molecular flexibility index (Phi) is 2.81. The monoisotopic (exact) mass is 192 g/mol. The first kappa shape index (κ1) is 9.24. The van der Waals surface area contributed by atoms with Crippen molar-refractivity contribution in [2.24, 2.45) is 0 Å². The average Bonchev–Trinajstić information content (AvgIpc) is 2.45. The van der Waals surface area contributed by atoms with Gasteiger partial charge in [-0.1, -0.05) is 12.8 Å². The van der Waals surface area contributed by atoms with Crippen LogP contribution in [0.25, 0.3) is 0 Å². The second-order valence-corrected chi connectivity index (χ2v) is 3.67. The van der Waals surface area contributed by atoms with Gasteiger partial charge in [0.15, 0.2) is 0 Å². The lowest BCUT2D eigenvalue weighted by Crippen LogP contribution is -2.25. The topological polar surface area (TPSA) is 55.0 Å². The van der Waals surface area contributed by atoms with Gasteiger partial charge in [0.1, 0.15) is 5.82 Å². The van der Waals surface area contributed by atoms with Crippen LogP contribution in [0, 0.1) is 0 Å². The van der Waals surface area contributed by atoms with Gasteiger partial charge in [-0.25, -0.2) is 4.98 Å². The van der Waals surface area contributed by atoms with Crippen LogP contribution >= 0.6 is 0 Å². The summed E-state index contributed by atoms with van der Waals surface area (Å²) >= 11 is 0. The van der Waals surface area contributed by atoms with E-state index in [9.17, 15) is 0 Å². The fraction of sp³-hybridized carbons (Fsp3) is 0.600. The minimum absolute atomic E-state index is 0.367. The highest BCUT2D eigenvalue weighted by atomic mass is 15.2. The third-order valence-electron chi connectivity index (χ3n) is 2.59. The Bertz CT molecular complexity index is 292. The number of nitrogens with two attached hydrogens (primary N) is 1. The maximum absolute atomic E-state index is 5.56. The van der Waals surface area contributed by atoms with E-state index in [1.54, 1.807) is 6.20 Å². The Hall–Kier alpha value is -1.32. The molecule has 1 saturated heterocycles. The zero-order valence-corrected chi connectivity index (χ0v) is 8.32. The van der Waals surface area contributed by atoms with Crippen LogP contribution in [-0.4, -0.2) is 23.1 Å². The fourth-order valence-corrected chi connectivity index (χ4v) is 1.84. The van der Waals surface area contributed by atoms with Gasteiger partial charge in [0.2, 0.25) is 5.95 Å². The van der Waals surface area contributed by atoms with Crippen molar-refractivity contribution in [3.05, 3.63) is 12.3 Å². The molecular formula is C10H16N4. The van der Waals surface area contributed by atoms with E-state index in [1.807, 2.05) is 6.07 Å². The van der Waals surface area contributed by atoms with Crippen LogP contribution in [0.5, 0.6) is 0 Å². The molecule has 0 aromatic carbocycles. The standard InChI is InChI=1S/C10H16N4/c11-10-12-6-5-9(13-10)14-7-3-1-2-4-8-14/h5-6H,1-4,7-8H2,(H2,11,12,13). The molecule has 1 fully saturated rings. The molecule has 0 amide bonds. The summed E-state index contributed by atoms with van der Waals surface area (Å²) in [5, 5.41) is 0. The summed E-state index contributed by atoms with van der Waals surface area (Å²) in [4.78, 5) is 10.4. The number of rotatable bonds is 1. The molecular weight excluding hydrogens is 176 g/mol. The van der Waals surface area contributed by atoms with Gasteiger partial charge in [-0.3, -0.25) is 0 Å². The van der Waals surface area contributed by atoms with Crippen molar-refractivity contribution in [1.82, 2.24) is 9.97 Å². The van der Waals surface area contributed by atoms with Crippen LogP contribution < -0.4 is 10.6 Å².